The molecule has 146 valence electrons. The second-order valence-corrected chi connectivity index (χ2v) is 8.15. The van der Waals surface area contributed by atoms with Crippen molar-refractivity contribution in [1.29, 1.82) is 0 Å². The maximum atomic E-state index is 12.7. The van der Waals surface area contributed by atoms with Crippen LogP contribution < -0.4 is 15.0 Å². The molecule has 8 nitrogen and oxygen atoms in total. The van der Waals surface area contributed by atoms with Crippen molar-refractivity contribution in [3.8, 4) is 22.9 Å². The van der Waals surface area contributed by atoms with Gasteiger partial charge in [0.2, 0.25) is 18.5 Å². The summed E-state index contributed by atoms with van der Waals surface area (Å²) >= 11 is 4.75. The van der Waals surface area contributed by atoms with Crippen LogP contribution in [0, 0.1) is 0 Å². The molecule has 0 spiro atoms. The Hall–Kier alpha value is -2.85. The van der Waals surface area contributed by atoms with Crippen molar-refractivity contribution in [2.24, 2.45) is 7.05 Å². The number of fused-ring (bicyclic) bond motifs is 2. The fraction of sp³-hybridized carbons (Fsp3) is 0.158. The van der Waals surface area contributed by atoms with Crippen molar-refractivity contribution in [3.05, 3.63) is 57.1 Å². The number of hydrogen-bond acceptors (Lipinski definition) is 8. The minimum absolute atomic E-state index is 0.144. The van der Waals surface area contributed by atoms with Crippen LogP contribution in [0.2, 0.25) is 0 Å². The van der Waals surface area contributed by atoms with Gasteiger partial charge in [0.15, 0.2) is 16.7 Å². The number of nitrogens with zero attached hydrogens (tertiary/aromatic N) is 4. The molecule has 5 rings (SSSR count). The average molecular weight is 473 g/mol. The number of benzene rings is 2. The molecule has 3 heterocycles. The molecule has 0 unspecified atom stereocenters. The van der Waals surface area contributed by atoms with Crippen LogP contribution in [0.4, 0.5) is 0 Å². The van der Waals surface area contributed by atoms with E-state index < -0.39 is 0 Å². The summed E-state index contributed by atoms with van der Waals surface area (Å²) in [5, 5.41) is 5.05. The minimum atomic E-state index is -0.156. The van der Waals surface area contributed by atoms with Crippen molar-refractivity contribution in [2.75, 3.05) is 6.79 Å². The molecule has 0 saturated heterocycles. The fourth-order valence-electron chi connectivity index (χ4n) is 2.93. The predicted molar refractivity (Wildman–Crippen MR) is 110 cm³/mol. The Morgan fingerprint density at radius 1 is 1.14 bits per heavy atom. The maximum absolute atomic E-state index is 12.7. The summed E-state index contributed by atoms with van der Waals surface area (Å²) in [6, 6.07) is 11.0. The second-order valence-electron chi connectivity index (χ2n) is 6.29. The zero-order valence-corrected chi connectivity index (χ0v) is 17.5. The Labute approximate surface area is 177 Å². The molecule has 2 aromatic carbocycles. The number of hydrogen-bond donors (Lipinski definition) is 0. The molecule has 0 saturated carbocycles. The molecule has 0 radical (unpaired) electrons. The summed E-state index contributed by atoms with van der Waals surface area (Å²) in [5.74, 6) is 2.50. The van der Waals surface area contributed by atoms with E-state index in [0.717, 1.165) is 10.0 Å². The van der Waals surface area contributed by atoms with Crippen molar-refractivity contribution in [2.45, 2.75) is 10.9 Å². The molecule has 0 atom stereocenters. The minimum Gasteiger partial charge on any atom is -0.454 e. The lowest BCUT2D eigenvalue weighted by molar-refractivity contribution is 0.174. The Kier molecular flexibility index (Phi) is 4.51. The van der Waals surface area contributed by atoms with Crippen LogP contribution >= 0.6 is 27.7 Å². The van der Waals surface area contributed by atoms with E-state index in [1.807, 2.05) is 24.3 Å². The van der Waals surface area contributed by atoms with Gasteiger partial charge < -0.3 is 14.0 Å². The fourth-order valence-corrected chi connectivity index (χ4v) is 4.00. The second kappa shape index (κ2) is 7.20. The quantitative estimate of drug-likeness (QED) is 0.327. The monoisotopic (exact) mass is 472 g/mol. The highest BCUT2D eigenvalue weighted by Gasteiger charge is 2.18. The largest absolute Gasteiger partial charge is 0.454 e. The smallest absolute Gasteiger partial charge is 0.261 e. The Morgan fingerprint density at radius 3 is 2.69 bits per heavy atom. The summed E-state index contributed by atoms with van der Waals surface area (Å²) in [5.41, 5.74) is 1.26. The van der Waals surface area contributed by atoms with Crippen LogP contribution in [0.25, 0.3) is 22.3 Å². The van der Waals surface area contributed by atoms with Crippen molar-refractivity contribution in [3.63, 3.8) is 0 Å². The Morgan fingerprint density at radius 2 is 1.90 bits per heavy atom. The number of halogens is 1. The summed E-state index contributed by atoms with van der Waals surface area (Å²) in [6.07, 6.45) is 0. The van der Waals surface area contributed by atoms with Gasteiger partial charge in [0.1, 0.15) is 0 Å². The van der Waals surface area contributed by atoms with Crippen LogP contribution in [-0.2, 0) is 12.8 Å². The van der Waals surface area contributed by atoms with Crippen molar-refractivity contribution in [1.82, 2.24) is 19.7 Å². The van der Waals surface area contributed by atoms with Crippen LogP contribution in [0.5, 0.6) is 11.5 Å². The third kappa shape index (κ3) is 3.38. The zero-order chi connectivity index (χ0) is 20.0. The first-order valence-electron chi connectivity index (χ1n) is 8.60. The summed E-state index contributed by atoms with van der Waals surface area (Å²) in [4.78, 5) is 21.8. The van der Waals surface area contributed by atoms with E-state index in [9.17, 15) is 4.79 Å². The third-order valence-electron chi connectivity index (χ3n) is 4.42. The van der Waals surface area contributed by atoms with Crippen LogP contribution in [0.1, 0.15) is 5.89 Å². The van der Waals surface area contributed by atoms with Gasteiger partial charge in [-0.1, -0.05) is 32.8 Å². The highest BCUT2D eigenvalue weighted by Crippen LogP contribution is 2.35. The lowest BCUT2D eigenvalue weighted by Gasteiger charge is -2.08. The first kappa shape index (κ1) is 18.2. The SMILES string of the molecule is Cn1c(SCc2nc(-c3ccc(Br)cc3)no2)nc2cc3c(cc2c1=O)OCO3. The van der Waals surface area contributed by atoms with E-state index >= 15 is 0 Å². The van der Waals surface area contributed by atoms with Gasteiger partial charge in [-0.2, -0.15) is 4.98 Å². The van der Waals surface area contributed by atoms with Crippen LogP contribution in [0.15, 0.2) is 55.3 Å². The van der Waals surface area contributed by atoms with Gasteiger partial charge in [0, 0.05) is 23.2 Å². The van der Waals surface area contributed by atoms with Crippen molar-refractivity contribution < 1.29 is 14.0 Å². The number of ether oxygens (including phenoxy) is 2. The highest BCUT2D eigenvalue weighted by atomic mass is 79.9. The molecule has 0 bridgehead atoms. The first-order valence-corrected chi connectivity index (χ1v) is 10.4. The van der Waals surface area contributed by atoms with Gasteiger partial charge in [-0.25, -0.2) is 4.98 Å². The average Bonchev–Trinajstić information content (AvgIpc) is 3.38. The molecule has 0 aliphatic carbocycles. The molecular weight excluding hydrogens is 460 g/mol. The molecule has 0 amide bonds. The molecular formula is C19H13BrN4O4S. The van der Waals surface area contributed by atoms with Gasteiger partial charge in [-0.3, -0.25) is 9.36 Å². The van der Waals surface area contributed by atoms with Gasteiger partial charge in [-0.15, -0.1) is 0 Å². The van der Waals surface area contributed by atoms with E-state index in [2.05, 4.69) is 31.1 Å². The zero-order valence-electron chi connectivity index (χ0n) is 15.1. The summed E-state index contributed by atoms with van der Waals surface area (Å²) < 4.78 is 18.6. The first-order chi connectivity index (χ1) is 14.1. The lowest BCUT2D eigenvalue weighted by Crippen LogP contribution is -2.20. The van der Waals surface area contributed by atoms with E-state index in [1.165, 1.54) is 16.3 Å². The Balaban J connectivity index is 1.41. The lowest BCUT2D eigenvalue weighted by atomic mass is 10.2. The Bertz CT molecular complexity index is 1290. The van der Waals surface area contributed by atoms with Gasteiger partial charge >= 0.3 is 0 Å². The number of aromatic nitrogens is 4. The van der Waals surface area contributed by atoms with Crippen molar-refractivity contribution >= 4 is 38.6 Å². The van der Waals surface area contributed by atoms with Gasteiger partial charge in [0.05, 0.1) is 16.7 Å². The highest BCUT2D eigenvalue weighted by molar-refractivity contribution is 9.10. The standard InChI is InChI=1S/C19H13BrN4O4S/c1-24-18(25)12-6-14-15(27-9-26-14)7-13(12)21-19(24)29-8-16-22-17(23-28-16)10-2-4-11(20)5-3-10/h2-7H,8-9H2,1H3. The maximum Gasteiger partial charge on any atom is 0.261 e. The topological polar surface area (TPSA) is 92.3 Å². The molecule has 1 aliphatic rings. The molecule has 0 fully saturated rings. The normalized spacial score (nSPS) is 12.6. The molecule has 1 aliphatic heterocycles. The third-order valence-corrected chi connectivity index (χ3v) is 5.97. The van der Waals surface area contributed by atoms with Crippen LogP contribution in [-0.4, -0.2) is 26.5 Å². The van der Waals surface area contributed by atoms with E-state index in [-0.39, 0.29) is 12.4 Å². The number of thioether (sulfide) groups is 1. The molecule has 2 aromatic heterocycles. The summed E-state index contributed by atoms with van der Waals surface area (Å²) in [7, 11) is 1.68. The molecule has 29 heavy (non-hydrogen) atoms. The predicted octanol–water partition coefficient (Wildman–Crippen LogP) is 3.77. The van der Waals surface area contributed by atoms with E-state index in [4.69, 9.17) is 14.0 Å². The van der Waals surface area contributed by atoms with E-state index in [1.54, 1.807) is 19.2 Å². The number of rotatable bonds is 4. The van der Waals surface area contributed by atoms with E-state index in [0.29, 0.717) is 45.0 Å². The van der Waals surface area contributed by atoms with Gasteiger partial charge in [-0.05, 0) is 30.3 Å². The van der Waals surface area contributed by atoms with Gasteiger partial charge in [0.25, 0.3) is 5.56 Å². The molecule has 0 N–H and O–H groups in total. The molecule has 4 aromatic rings. The summed E-state index contributed by atoms with van der Waals surface area (Å²) in [6.45, 7) is 0.144. The van der Waals surface area contributed by atoms with Crippen LogP contribution in [0.3, 0.4) is 0 Å². The molecule has 10 heteroatoms.